The second kappa shape index (κ2) is 7.39. The highest BCUT2D eigenvalue weighted by molar-refractivity contribution is 7.99. The molecular formula is C10H18N2O4S. The molecule has 0 aromatic heterocycles. The molecule has 1 aliphatic heterocycles. The third kappa shape index (κ3) is 5.78. The fourth-order valence-corrected chi connectivity index (χ4v) is 2.75. The van der Waals surface area contributed by atoms with E-state index in [4.69, 9.17) is 10.2 Å². The van der Waals surface area contributed by atoms with Crippen molar-refractivity contribution < 1.29 is 19.8 Å². The van der Waals surface area contributed by atoms with E-state index in [1.165, 1.54) is 12.8 Å². The van der Waals surface area contributed by atoms with Gasteiger partial charge in [-0.05, 0) is 18.6 Å². The lowest BCUT2D eigenvalue weighted by molar-refractivity contribution is -0.146. The van der Waals surface area contributed by atoms with Gasteiger partial charge in [-0.1, -0.05) is 6.42 Å². The Morgan fingerprint density at radius 1 is 1.35 bits per heavy atom. The van der Waals surface area contributed by atoms with Gasteiger partial charge in [0, 0.05) is 11.8 Å². The number of carbonyl (C=O) groups is 2. The molecule has 0 radical (unpaired) electrons. The summed E-state index contributed by atoms with van der Waals surface area (Å²) < 4.78 is 0. The molecule has 0 aromatic rings. The number of aliphatic carboxylic acids is 1. The van der Waals surface area contributed by atoms with Crippen LogP contribution >= 0.6 is 11.8 Å². The van der Waals surface area contributed by atoms with Crippen LogP contribution in [0.25, 0.3) is 0 Å². The second-order valence-electron chi connectivity index (χ2n) is 3.93. The van der Waals surface area contributed by atoms with Gasteiger partial charge >= 0.3 is 12.0 Å². The van der Waals surface area contributed by atoms with Crippen molar-refractivity contribution >= 4 is 23.8 Å². The minimum Gasteiger partial charge on any atom is -0.479 e. The van der Waals surface area contributed by atoms with Crippen molar-refractivity contribution in [1.82, 2.24) is 10.6 Å². The maximum Gasteiger partial charge on any atom is 0.334 e. The number of carboxylic acid groups (broad SMARTS) is 1. The van der Waals surface area contributed by atoms with Gasteiger partial charge in [-0.15, -0.1) is 0 Å². The normalized spacial score (nSPS) is 21.6. The molecule has 0 saturated carbocycles. The van der Waals surface area contributed by atoms with E-state index in [2.05, 4.69) is 10.6 Å². The Hall–Kier alpha value is -0.950. The van der Waals surface area contributed by atoms with Crippen molar-refractivity contribution in [2.45, 2.75) is 30.6 Å². The predicted molar refractivity (Wildman–Crippen MR) is 65.1 cm³/mol. The molecule has 1 rings (SSSR count). The largest absolute Gasteiger partial charge is 0.479 e. The van der Waals surface area contributed by atoms with Crippen LogP contribution in [-0.4, -0.2) is 52.4 Å². The van der Waals surface area contributed by atoms with Crippen LogP contribution in [0.4, 0.5) is 4.79 Å². The van der Waals surface area contributed by atoms with E-state index in [1.807, 2.05) is 11.8 Å². The molecule has 7 heteroatoms. The van der Waals surface area contributed by atoms with Gasteiger partial charge in [0.2, 0.25) is 0 Å². The van der Waals surface area contributed by atoms with E-state index in [0.29, 0.717) is 11.8 Å². The number of amides is 2. The quantitative estimate of drug-likeness (QED) is 0.560. The Kier molecular flexibility index (Phi) is 6.13. The number of thioether (sulfide) groups is 1. The number of hydrogen-bond acceptors (Lipinski definition) is 4. The summed E-state index contributed by atoms with van der Waals surface area (Å²) in [7, 11) is 0. The Morgan fingerprint density at radius 2 is 2.12 bits per heavy atom. The first-order valence-corrected chi connectivity index (χ1v) is 6.68. The van der Waals surface area contributed by atoms with Crippen molar-refractivity contribution in [3.8, 4) is 0 Å². The maximum atomic E-state index is 11.3. The number of urea groups is 1. The number of aliphatic hydroxyl groups is 1. The lowest BCUT2D eigenvalue weighted by Crippen LogP contribution is -2.44. The van der Waals surface area contributed by atoms with Crippen molar-refractivity contribution in [2.24, 2.45) is 0 Å². The van der Waals surface area contributed by atoms with Crippen LogP contribution in [0.5, 0.6) is 0 Å². The summed E-state index contributed by atoms with van der Waals surface area (Å²) in [6, 6.07) is -0.434. The lowest BCUT2D eigenvalue weighted by Gasteiger charge is -2.21. The van der Waals surface area contributed by atoms with E-state index in [0.717, 1.165) is 12.2 Å². The molecular weight excluding hydrogens is 244 g/mol. The minimum atomic E-state index is -1.55. The summed E-state index contributed by atoms with van der Waals surface area (Å²) >= 11 is 1.85. The molecule has 0 spiro atoms. The fourth-order valence-electron chi connectivity index (χ4n) is 1.51. The summed E-state index contributed by atoms with van der Waals surface area (Å²) in [5, 5.41) is 22.8. The van der Waals surface area contributed by atoms with Gasteiger partial charge in [-0.3, -0.25) is 0 Å². The van der Waals surface area contributed by atoms with Crippen molar-refractivity contribution in [2.75, 3.05) is 18.8 Å². The van der Waals surface area contributed by atoms with Crippen LogP contribution in [0.1, 0.15) is 19.3 Å². The Balaban J connectivity index is 2.10. The maximum absolute atomic E-state index is 11.3. The first-order valence-electron chi connectivity index (χ1n) is 5.63. The lowest BCUT2D eigenvalue weighted by atomic mass is 10.2. The van der Waals surface area contributed by atoms with Gasteiger partial charge in [0.15, 0.2) is 6.10 Å². The van der Waals surface area contributed by atoms with Crippen molar-refractivity contribution in [3.63, 3.8) is 0 Å². The van der Waals surface area contributed by atoms with Crippen LogP contribution in [0.15, 0.2) is 0 Å². The Labute approximate surface area is 104 Å². The highest BCUT2D eigenvalue weighted by Gasteiger charge is 2.16. The zero-order valence-electron chi connectivity index (χ0n) is 9.52. The fraction of sp³-hybridized carbons (Fsp3) is 0.800. The Morgan fingerprint density at radius 3 is 2.71 bits per heavy atom. The van der Waals surface area contributed by atoms with E-state index in [-0.39, 0.29) is 6.54 Å². The monoisotopic (exact) mass is 262 g/mol. The molecule has 1 aliphatic rings. The van der Waals surface area contributed by atoms with Crippen LogP contribution in [0.2, 0.25) is 0 Å². The topological polar surface area (TPSA) is 98.7 Å². The highest BCUT2D eigenvalue weighted by atomic mass is 32.2. The summed E-state index contributed by atoms with van der Waals surface area (Å²) in [6.07, 6.45) is 1.98. The van der Waals surface area contributed by atoms with Gasteiger partial charge in [-0.25, -0.2) is 9.59 Å². The third-order valence-electron chi connectivity index (χ3n) is 2.51. The van der Waals surface area contributed by atoms with E-state index >= 15 is 0 Å². The summed E-state index contributed by atoms with van der Waals surface area (Å²) in [5.74, 6) is -0.209. The van der Waals surface area contributed by atoms with Gasteiger partial charge in [-0.2, -0.15) is 11.8 Å². The molecule has 2 amide bonds. The smallest absolute Gasteiger partial charge is 0.334 e. The molecule has 1 saturated heterocycles. The second-order valence-corrected chi connectivity index (χ2v) is 5.34. The number of carboxylic acids is 1. The first kappa shape index (κ1) is 14.1. The average Bonchev–Trinajstić information content (AvgIpc) is 2.34. The molecule has 0 bridgehead atoms. The molecule has 98 valence electrons. The minimum absolute atomic E-state index is 0.279. The average molecular weight is 262 g/mol. The highest BCUT2D eigenvalue weighted by Crippen LogP contribution is 2.24. The molecule has 2 atom stereocenters. The van der Waals surface area contributed by atoms with Crippen molar-refractivity contribution in [1.29, 1.82) is 0 Å². The number of carbonyl (C=O) groups excluding carboxylic acids is 1. The van der Waals surface area contributed by atoms with Crippen LogP contribution < -0.4 is 10.6 Å². The SMILES string of the molecule is O=C(NCC1CCCCS1)NCC(O)C(=O)O. The molecule has 17 heavy (non-hydrogen) atoms. The van der Waals surface area contributed by atoms with Crippen molar-refractivity contribution in [3.05, 3.63) is 0 Å². The molecule has 0 aromatic carbocycles. The standard InChI is InChI=1S/C10H18N2O4S/c13-8(9(14)15)6-12-10(16)11-5-7-3-1-2-4-17-7/h7-8,13H,1-6H2,(H,14,15)(H2,11,12,16). The van der Waals surface area contributed by atoms with Gasteiger partial charge in [0.05, 0.1) is 6.54 Å². The summed E-state index contributed by atoms with van der Waals surface area (Å²) in [6.45, 7) is 0.304. The Bertz CT molecular complexity index is 269. The molecule has 1 heterocycles. The van der Waals surface area contributed by atoms with Gasteiger partial charge < -0.3 is 20.8 Å². The first-order chi connectivity index (χ1) is 8.09. The van der Waals surface area contributed by atoms with Crippen LogP contribution in [0, 0.1) is 0 Å². The molecule has 2 unspecified atom stereocenters. The third-order valence-corrected chi connectivity index (χ3v) is 3.90. The zero-order valence-corrected chi connectivity index (χ0v) is 10.3. The van der Waals surface area contributed by atoms with Gasteiger partial charge in [0.1, 0.15) is 0 Å². The summed E-state index contributed by atoms with van der Waals surface area (Å²) in [4.78, 5) is 21.6. The zero-order chi connectivity index (χ0) is 12.7. The molecule has 0 aliphatic carbocycles. The predicted octanol–water partition coefficient (Wildman–Crippen LogP) is 0.0168. The van der Waals surface area contributed by atoms with Gasteiger partial charge in [0.25, 0.3) is 0 Å². The number of aliphatic hydroxyl groups excluding tert-OH is 1. The summed E-state index contributed by atoms with van der Waals surface area (Å²) in [5.41, 5.74) is 0. The van der Waals surface area contributed by atoms with E-state index in [1.54, 1.807) is 0 Å². The van der Waals surface area contributed by atoms with E-state index < -0.39 is 18.1 Å². The molecule has 1 fully saturated rings. The molecule has 4 N–H and O–H groups in total. The number of rotatable bonds is 5. The number of nitrogens with one attached hydrogen (secondary N) is 2. The number of hydrogen-bond donors (Lipinski definition) is 4. The van der Waals surface area contributed by atoms with E-state index in [9.17, 15) is 9.59 Å². The molecule has 6 nitrogen and oxygen atoms in total. The van der Waals surface area contributed by atoms with Crippen LogP contribution in [0.3, 0.4) is 0 Å². The van der Waals surface area contributed by atoms with Crippen LogP contribution in [-0.2, 0) is 4.79 Å².